The molecule has 1 heterocycles. The van der Waals surface area contributed by atoms with E-state index in [-0.39, 0.29) is 48.4 Å². The summed E-state index contributed by atoms with van der Waals surface area (Å²) < 4.78 is 10.1. The predicted molar refractivity (Wildman–Crippen MR) is 110 cm³/mol. The third-order valence-corrected chi connectivity index (χ3v) is 4.10. The molecule has 0 spiro atoms. The number of hydrogen-bond acceptors (Lipinski definition) is 5. The molecule has 0 saturated carbocycles. The van der Waals surface area contributed by atoms with Gasteiger partial charge in [-0.15, -0.1) is 24.0 Å². The van der Waals surface area contributed by atoms with Crippen molar-refractivity contribution < 1.29 is 19.4 Å². The number of phenolic OH excluding ortho intramolecular Hbond substituents is 1. The molecule has 1 amide bonds. The lowest BCUT2D eigenvalue weighted by molar-refractivity contribution is 0.0963. The maximum atomic E-state index is 11.7. The van der Waals surface area contributed by atoms with Gasteiger partial charge < -0.3 is 30.5 Å². The van der Waals surface area contributed by atoms with Crippen LogP contribution in [0.1, 0.15) is 25.3 Å². The molecule has 0 unspecified atom stereocenters. The Labute approximate surface area is 170 Å². The maximum Gasteiger partial charge on any atom is 0.409 e. The molecule has 0 aliphatic carbocycles. The third kappa shape index (κ3) is 6.11. The number of aliphatic imine (C=N–C) groups is 1. The van der Waals surface area contributed by atoms with Crippen LogP contribution in [-0.2, 0) is 11.3 Å². The number of carbonyl (C=O) groups is 1. The topological polar surface area (TPSA) is 109 Å². The molecule has 0 bridgehead atoms. The van der Waals surface area contributed by atoms with Gasteiger partial charge in [-0.1, -0.05) is 12.1 Å². The second kappa shape index (κ2) is 10.9. The Morgan fingerprint density at radius 1 is 1.42 bits per heavy atom. The van der Waals surface area contributed by atoms with Crippen LogP contribution < -0.4 is 15.8 Å². The molecule has 1 aromatic carbocycles. The fraction of sp³-hybridized carbons (Fsp3) is 0.529. The summed E-state index contributed by atoms with van der Waals surface area (Å²) in [5.74, 6) is 0.798. The number of rotatable bonds is 5. The van der Waals surface area contributed by atoms with Gasteiger partial charge in [0.05, 0.1) is 20.3 Å². The van der Waals surface area contributed by atoms with E-state index >= 15 is 0 Å². The molecule has 0 aromatic heterocycles. The van der Waals surface area contributed by atoms with E-state index in [9.17, 15) is 9.90 Å². The largest absolute Gasteiger partial charge is 0.504 e. The van der Waals surface area contributed by atoms with Crippen molar-refractivity contribution in [3.05, 3.63) is 23.8 Å². The second-order valence-corrected chi connectivity index (χ2v) is 5.77. The van der Waals surface area contributed by atoms with Crippen molar-refractivity contribution in [1.29, 1.82) is 0 Å². The van der Waals surface area contributed by atoms with Crippen LogP contribution in [0, 0.1) is 0 Å². The summed E-state index contributed by atoms with van der Waals surface area (Å²) in [5.41, 5.74) is 6.58. The molecule has 1 saturated heterocycles. The van der Waals surface area contributed by atoms with E-state index in [0.717, 1.165) is 12.8 Å². The first kappa shape index (κ1) is 22.1. The lowest BCUT2D eigenvalue weighted by atomic mass is 10.1. The molecule has 4 N–H and O–H groups in total. The molecule has 9 heteroatoms. The van der Waals surface area contributed by atoms with Crippen molar-refractivity contribution in [1.82, 2.24) is 10.2 Å². The molecular formula is C17H27IN4O4. The summed E-state index contributed by atoms with van der Waals surface area (Å²) >= 11 is 0. The summed E-state index contributed by atoms with van der Waals surface area (Å²) in [6, 6.07) is 5.40. The number of carbonyl (C=O) groups excluding carboxylic acids is 1. The zero-order valence-electron chi connectivity index (χ0n) is 15.1. The summed E-state index contributed by atoms with van der Waals surface area (Å²) in [7, 11) is 1.50. The van der Waals surface area contributed by atoms with Gasteiger partial charge in [0, 0.05) is 24.7 Å². The first-order valence-corrected chi connectivity index (χ1v) is 8.38. The monoisotopic (exact) mass is 478 g/mol. The van der Waals surface area contributed by atoms with Crippen LogP contribution in [0.3, 0.4) is 0 Å². The van der Waals surface area contributed by atoms with Crippen LogP contribution >= 0.6 is 24.0 Å². The van der Waals surface area contributed by atoms with Gasteiger partial charge in [0.15, 0.2) is 17.5 Å². The molecule has 8 nitrogen and oxygen atoms in total. The predicted octanol–water partition coefficient (Wildman–Crippen LogP) is 2.04. The van der Waals surface area contributed by atoms with Crippen LogP contribution in [-0.4, -0.2) is 54.9 Å². The smallest absolute Gasteiger partial charge is 0.409 e. The minimum Gasteiger partial charge on any atom is -0.504 e. The highest BCUT2D eigenvalue weighted by Gasteiger charge is 2.23. The number of amides is 1. The Morgan fingerprint density at radius 2 is 2.12 bits per heavy atom. The van der Waals surface area contributed by atoms with Crippen LogP contribution in [0.25, 0.3) is 0 Å². The number of benzene rings is 1. The summed E-state index contributed by atoms with van der Waals surface area (Å²) in [6.45, 7) is 3.68. The number of hydrogen-bond donors (Lipinski definition) is 3. The van der Waals surface area contributed by atoms with Gasteiger partial charge in [0.2, 0.25) is 0 Å². The van der Waals surface area contributed by atoms with Gasteiger partial charge >= 0.3 is 6.09 Å². The lowest BCUT2D eigenvalue weighted by Gasteiger charge is -2.31. The minimum absolute atomic E-state index is 0. The van der Waals surface area contributed by atoms with Gasteiger partial charge in [-0.05, 0) is 25.8 Å². The zero-order chi connectivity index (χ0) is 18.2. The number of ether oxygens (including phenoxy) is 2. The molecule has 26 heavy (non-hydrogen) atoms. The highest BCUT2D eigenvalue weighted by molar-refractivity contribution is 14.0. The molecule has 0 radical (unpaired) electrons. The molecule has 146 valence electrons. The number of guanidine groups is 1. The Balaban J connectivity index is 0.00000338. The fourth-order valence-corrected chi connectivity index (χ4v) is 2.71. The number of piperidine rings is 1. The van der Waals surface area contributed by atoms with Gasteiger partial charge in [-0.2, -0.15) is 0 Å². The van der Waals surface area contributed by atoms with E-state index in [1.807, 2.05) is 0 Å². The second-order valence-electron chi connectivity index (χ2n) is 5.77. The van der Waals surface area contributed by atoms with Crippen LogP contribution in [0.15, 0.2) is 23.2 Å². The van der Waals surface area contributed by atoms with Crippen molar-refractivity contribution in [3.8, 4) is 11.5 Å². The molecular weight excluding hydrogens is 451 g/mol. The fourth-order valence-electron chi connectivity index (χ4n) is 2.71. The molecule has 0 atom stereocenters. The van der Waals surface area contributed by atoms with E-state index in [2.05, 4.69) is 10.3 Å². The molecule has 1 aliphatic rings. The number of likely N-dealkylation sites (tertiary alicyclic amines) is 1. The van der Waals surface area contributed by atoms with E-state index in [1.165, 1.54) is 7.11 Å². The van der Waals surface area contributed by atoms with Gasteiger partial charge in [-0.3, -0.25) is 0 Å². The van der Waals surface area contributed by atoms with E-state index in [1.54, 1.807) is 30.0 Å². The van der Waals surface area contributed by atoms with Crippen LogP contribution in [0.5, 0.6) is 11.5 Å². The number of phenols is 1. The van der Waals surface area contributed by atoms with Crippen molar-refractivity contribution in [2.75, 3.05) is 26.8 Å². The quantitative estimate of drug-likeness (QED) is 0.340. The highest BCUT2D eigenvalue weighted by atomic mass is 127. The Bertz CT molecular complexity index is 619. The molecule has 1 aromatic rings. The van der Waals surface area contributed by atoms with Crippen molar-refractivity contribution in [3.63, 3.8) is 0 Å². The number of nitrogens with two attached hydrogens (primary N) is 1. The van der Waals surface area contributed by atoms with E-state index in [0.29, 0.717) is 37.0 Å². The molecule has 2 rings (SSSR count). The Kier molecular flexibility index (Phi) is 9.31. The third-order valence-electron chi connectivity index (χ3n) is 4.10. The van der Waals surface area contributed by atoms with Crippen LogP contribution in [0.4, 0.5) is 4.79 Å². The highest BCUT2D eigenvalue weighted by Crippen LogP contribution is 2.29. The van der Waals surface area contributed by atoms with Gasteiger partial charge in [-0.25, -0.2) is 9.79 Å². The standard InChI is InChI=1S/C17H26N4O4.HI/c1-3-25-17(23)21-9-7-13(8-10-21)20-16(18)19-11-12-5-4-6-14(24-2)15(12)22;/h4-6,13,22H,3,7-11H2,1-2H3,(H3,18,19,20);1H. The minimum atomic E-state index is -0.268. The first-order chi connectivity index (χ1) is 12.0. The average Bonchev–Trinajstić information content (AvgIpc) is 2.61. The van der Waals surface area contributed by atoms with Crippen molar-refractivity contribution in [2.45, 2.75) is 32.4 Å². The molecule has 1 fully saturated rings. The summed E-state index contributed by atoms with van der Waals surface area (Å²) in [5, 5.41) is 13.2. The summed E-state index contributed by atoms with van der Waals surface area (Å²) in [6.07, 6.45) is 1.29. The van der Waals surface area contributed by atoms with E-state index in [4.69, 9.17) is 15.2 Å². The van der Waals surface area contributed by atoms with Crippen molar-refractivity contribution >= 4 is 36.0 Å². The van der Waals surface area contributed by atoms with Gasteiger partial charge in [0.1, 0.15) is 0 Å². The number of aromatic hydroxyl groups is 1. The summed E-state index contributed by atoms with van der Waals surface area (Å²) in [4.78, 5) is 17.6. The number of halogens is 1. The van der Waals surface area contributed by atoms with E-state index < -0.39 is 0 Å². The lowest BCUT2D eigenvalue weighted by Crippen LogP contribution is -2.48. The van der Waals surface area contributed by atoms with Crippen LogP contribution in [0.2, 0.25) is 0 Å². The zero-order valence-corrected chi connectivity index (χ0v) is 17.4. The number of nitrogens with one attached hydrogen (secondary N) is 1. The normalized spacial score (nSPS) is 15.2. The Morgan fingerprint density at radius 3 is 2.73 bits per heavy atom. The number of para-hydroxylation sites is 1. The average molecular weight is 478 g/mol. The molecule has 1 aliphatic heterocycles. The number of nitrogens with zero attached hydrogens (tertiary/aromatic N) is 2. The van der Waals surface area contributed by atoms with Crippen molar-refractivity contribution in [2.24, 2.45) is 10.7 Å². The maximum absolute atomic E-state index is 11.7. The Hall–Kier alpha value is -1.91. The first-order valence-electron chi connectivity index (χ1n) is 8.38. The number of methoxy groups -OCH3 is 1. The van der Waals surface area contributed by atoms with Gasteiger partial charge in [0.25, 0.3) is 0 Å². The SMILES string of the molecule is CCOC(=O)N1CCC(NC(N)=NCc2cccc(OC)c2O)CC1.I.